The predicted octanol–water partition coefficient (Wildman–Crippen LogP) is 3.54. The molecule has 0 spiro atoms. The van der Waals surface area contributed by atoms with Crippen molar-refractivity contribution >= 4 is 11.6 Å². The lowest BCUT2D eigenvalue weighted by Gasteiger charge is -2.05. The number of halogens is 4. The smallest absolute Gasteiger partial charge is 0.416 e. The lowest BCUT2D eigenvalue weighted by atomic mass is 10.1. The summed E-state index contributed by atoms with van der Waals surface area (Å²) >= 11 is 5.51. The van der Waals surface area contributed by atoms with E-state index in [1.165, 1.54) is 12.1 Å². The lowest BCUT2D eigenvalue weighted by Crippen LogP contribution is -2.03. The van der Waals surface area contributed by atoms with Crippen molar-refractivity contribution in [2.75, 3.05) is 5.88 Å². The third kappa shape index (κ3) is 2.81. The number of aromatic nitrogens is 2. The second kappa shape index (κ2) is 4.97. The van der Waals surface area contributed by atoms with E-state index in [9.17, 15) is 13.2 Å². The molecule has 0 fully saturated rings. The van der Waals surface area contributed by atoms with Crippen molar-refractivity contribution in [3.8, 4) is 11.5 Å². The van der Waals surface area contributed by atoms with Crippen LogP contribution in [0.5, 0.6) is 0 Å². The molecular formula is C11H8ClF3N2O. The third-order valence-electron chi connectivity index (χ3n) is 2.23. The minimum atomic E-state index is -4.35. The number of nitrogens with zero attached hydrogens (tertiary/aromatic N) is 2. The standard InChI is InChI=1S/C11H8ClF3N2O/c12-6-5-9-16-17-10(18-9)7-1-3-8(4-2-7)11(13,14)15/h1-4H,5-6H2. The van der Waals surface area contributed by atoms with Crippen molar-refractivity contribution in [1.82, 2.24) is 10.2 Å². The molecular weight excluding hydrogens is 269 g/mol. The molecule has 1 aromatic heterocycles. The van der Waals surface area contributed by atoms with E-state index in [0.29, 0.717) is 23.8 Å². The van der Waals surface area contributed by atoms with Crippen LogP contribution in [0.1, 0.15) is 11.5 Å². The highest BCUT2D eigenvalue weighted by Crippen LogP contribution is 2.30. The quantitative estimate of drug-likeness (QED) is 0.805. The number of alkyl halides is 4. The Morgan fingerprint density at radius 1 is 1.11 bits per heavy atom. The second-order valence-corrected chi connectivity index (χ2v) is 3.89. The van der Waals surface area contributed by atoms with Crippen LogP contribution in [0, 0.1) is 0 Å². The molecule has 7 heteroatoms. The molecule has 2 rings (SSSR count). The number of rotatable bonds is 3. The van der Waals surface area contributed by atoms with E-state index in [1.807, 2.05) is 0 Å². The van der Waals surface area contributed by atoms with E-state index >= 15 is 0 Å². The number of hydrogen-bond donors (Lipinski definition) is 0. The Morgan fingerprint density at radius 2 is 1.78 bits per heavy atom. The monoisotopic (exact) mass is 276 g/mol. The van der Waals surface area contributed by atoms with Gasteiger partial charge in [0.15, 0.2) is 0 Å². The molecule has 1 heterocycles. The van der Waals surface area contributed by atoms with Gasteiger partial charge in [-0.1, -0.05) is 0 Å². The van der Waals surface area contributed by atoms with Gasteiger partial charge < -0.3 is 4.42 Å². The molecule has 0 amide bonds. The van der Waals surface area contributed by atoms with E-state index in [4.69, 9.17) is 16.0 Å². The summed E-state index contributed by atoms with van der Waals surface area (Å²) in [4.78, 5) is 0. The van der Waals surface area contributed by atoms with Crippen molar-refractivity contribution in [1.29, 1.82) is 0 Å². The van der Waals surface area contributed by atoms with Crippen LogP contribution in [0.4, 0.5) is 13.2 Å². The Kier molecular flexibility index (Phi) is 3.56. The Bertz CT molecular complexity index is 522. The molecule has 18 heavy (non-hydrogen) atoms. The van der Waals surface area contributed by atoms with E-state index in [1.54, 1.807) is 0 Å². The first kappa shape index (κ1) is 12.9. The van der Waals surface area contributed by atoms with Crippen LogP contribution in [0.3, 0.4) is 0 Å². The summed E-state index contributed by atoms with van der Waals surface area (Å²) in [5.74, 6) is 0.887. The normalized spacial score (nSPS) is 11.8. The Balaban J connectivity index is 2.23. The average molecular weight is 277 g/mol. The molecule has 0 radical (unpaired) electrons. The highest BCUT2D eigenvalue weighted by Gasteiger charge is 2.30. The maximum Gasteiger partial charge on any atom is 0.416 e. The van der Waals surface area contributed by atoms with E-state index in [0.717, 1.165) is 12.1 Å². The fraction of sp³-hybridized carbons (Fsp3) is 0.273. The summed E-state index contributed by atoms with van der Waals surface area (Å²) in [7, 11) is 0. The van der Waals surface area contributed by atoms with Crippen LogP contribution in [-0.2, 0) is 12.6 Å². The predicted molar refractivity (Wildman–Crippen MR) is 59.2 cm³/mol. The van der Waals surface area contributed by atoms with Crippen molar-refractivity contribution in [3.05, 3.63) is 35.7 Å². The van der Waals surface area contributed by atoms with Gasteiger partial charge in [0.05, 0.1) is 5.56 Å². The van der Waals surface area contributed by atoms with Gasteiger partial charge in [0.1, 0.15) is 0 Å². The molecule has 0 N–H and O–H groups in total. The third-order valence-corrected chi connectivity index (χ3v) is 2.42. The molecule has 0 aliphatic heterocycles. The molecule has 0 aliphatic rings. The molecule has 0 atom stereocenters. The minimum absolute atomic E-state index is 0.184. The molecule has 0 unspecified atom stereocenters. The molecule has 2 aromatic rings. The van der Waals surface area contributed by atoms with Crippen LogP contribution >= 0.6 is 11.6 Å². The zero-order chi connectivity index (χ0) is 13.2. The summed E-state index contributed by atoms with van der Waals surface area (Å²) in [5.41, 5.74) is -0.275. The van der Waals surface area contributed by atoms with Crippen molar-refractivity contribution in [2.24, 2.45) is 0 Å². The SMILES string of the molecule is FC(F)(F)c1ccc(-c2nnc(CCCl)o2)cc1. The first-order valence-corrected chi connectivity index (χ1v) is 5.60. The van der Waals surface area contributed by atoms with Crippen molar-refractivity contribution in [2.45, 2.75) is 12.6 Å². The summed E-state index contributed by atoms with van der Waals surface area (Å²) in [6.07, 6.45) is -3.92. The Morgan fingerprint density at radius 3 is 2.33 bits per heavy atom. The van der Waals surface area contributed by atoms with Crippen LogP contribution < -0.4 is 0 Å². The average Bonchev–Trinajstić information content (AvgIpc) is 2.77. The number of aryl methyl sites for hydroxylation is 1. The van der Waals surface area contributed by atoms with Crippen LogP contribution in [0.2, 0.25) is 0 Å². The summed E-state index contributed by atoms with van der Waals surface area (Å²) < 4.78 is 42.3. The van der Waals surface area contributed by atoms with Gasteiger partial charge in [-0.05, 0) is 24.3 Å². The van der Waals surface area contributed by atoms with E-state index < -0.39 is 11.7 Å². The van der Waals surface area contributed by atoms with Gasteiger partial charge >= 0.3 is 6.18 Å². The zero-order valence-electron chi connectivity index (χ0n) is 9.04. The fourth-order valence-electron chi connectivity index (χ4n) is 1.35. The first-order chi connectivity index (χ1) is 8.50. The second-order valence-electron chi connectivity index (χ2n) is 3.52. The first-order valence-electron chi connectivity index (χ1n) is 5.06. The van der Waals surface area contributed by atoms with Gasteiger partial charge in [-0.3, -0.25) is 0 Å². The molecule has 0 bridgehead atoms. The van der Waals surface area contributed by atoms with E-state index in [2.05, 4.69) is 10.2 Å². The lowest BCUT2D eigenvalue weighted by molar-refractivity contribution is -0.137. The molecule has 1 aromatic carbocycles. The van der Waals surface area contributed by atoms with Gasteiger partial charge in [0.25, 0.3) is 0 Å². The molecule has 96 valence electrons. The van der Waals surface area contributed by atoms with E-state index in [-0.39, 0.29) is 5.89 Å². The Hall–Kier alpha value is -1.56. The topological polar surface area (TPSA) is 38.9 Å². The number of benzene rings is 1. The van der Waals surface area contributed by atoms with Crippen molar-refractivity contribution in [3.63, 3.8) is 0 Å². The highest BCUT2D eigenvalue weighted by molar-refractivity contribution is 6.17. The molecule has 0 saturated carbocycles. The van der Waals surface area contributed by atoms with Crippen LogP contribution in [-0.4, -0.2) is 16.1 Å². The summed E-state index contributed by atoms with van der Waals surface area (Å²) in [6, 6.07) is 4.53. The van der Waals surface area contributed by atoms with Gasteiger partial charge in [0.2, 0.25) is 11.8 Å². The maximum absolute atomic E-state index is 12.4. The van der Waals surface area contributed by atoms with Gasteiger partial charge in [0, 0.05) is 17.9 Å². The van der Waals surface area contributed by atoms with Crippen molar-refractivity contribution < 1.29 is 17.6 Å². The largest absolute Gasteiger partial charge is 0.421 e. The fourth-order valence-corrected chi connectivity index (χ4v) is 1.52. The molecule has 3 nitrogen and oxygen atoms in total. The van der Waals surface area contributed by atoms with Gasteiger partial charge in [-0.15, -0.1) is 21.8 Å². The van der Waals surface area contributed by atoms with Gasteiger partial charge in [-0.2, -0.15) is 13.2 Å². The minimum Gasteiger partial charge on any atom is -0.421 e. The maximum atomic E-state index is 12.4. The Labute approximate surface area is 106 Å². The highest BCUT2D eigenvalue weighted by atomic mass is 35.5. The van der Waals surface area contributed by atoms with Gasteiger partial charge in [-0.25, -0.2) is 0 Å². The van der Waals surface area contributed by atoms with Crippen LogP contribution in [0.25, 0.3) is 11.5 Å². The zero-order valence-corrected chi connectivity index (χ0v) is 9.79. The number of hydrogen-bond acceptors (Lipinski definition) is 3. The summed E-state index contributed by atoms with van der Waals surface area (Å²) in [6.45, 7) is 0. The molecule has 0 aliphatic carbocycles. The molecule has 0 saturated heterocycles. The van der Waals surface area contributed by atoms with Crippen LogP contribution in [0.15, 0.2) is 28.7 Å². The summed E-state index contributed by atoms with van der Waals surface area (Å²) in [5, 5.41) is 7.47.